The molecule has 3 aliphatic heterocycles. The summed E-state index contributed by atoms with van der Waals surface area (Å²) in [6, 6.07) is 8.47. The van der Waals surface area contributed by atoms with Crippen LogP contribution in [0.25, 0.3) is 0 Å². The number of nitrogens with zero attached hydrogens (tertiary/aromatic N) is 3. The van der Waals surface area contributed by atoms with Gasteiger partial charge in [-0.05, 0) is 32.3 Å². The highest BCUT2D eigenvalue weighted by molar-refractivity contribution is 8.01. The van der Waals surface area contributed by atoms with Gasteiger partial charge in [0.2, 0.25) is 11.8 Å². The van der Waals surface area contributed by atoms with E-state index in [0.717, 1.165) is 18.4 Å². The van der Waals surface area contributed by atoms with Crippen molar-refractivity contribution in [3.05, 3.63) is 35.9 Å². The minimum Gasteiger partial charge on any atom is -0.459 e. The molecule has 0 bridgehead atoms. The molecule has 0 unspecified atom stereocenters. The number of amides is 3. The number of fused-ring (bicyclic) bond motifs is 1. The first-order chi connectivity index (χ1) is 16.1. The van der Waals surface area contributed by atoms with Crippen LogP contribution in [0.15, 0.2) is 30.3 Å². The Bertz CT molecular complexity index is 965. The van der Waals surface area contributed by atoms with Gasteiger partial charge in [-0.25, -0.2) is 4.79 Å². The number of esters is 1. The third-order valence-electron chi connectivity index (χ3n) is 6.73. The van der Waals surface area contributed by atoms with Gasteiger partial charge in [-0.1, -0.05) is 30.3 Å². The van der Waals surface area contributed by atoms with E-state index in [1.807, 2.05) is 44.2 Å². The van der Waals surface area contributed by atoms with Crippen molar-refractivity contribution in [2.45, 2.75) is 55.6 Å². The second-order valence-corrected chi connectivity index (χ2v) is 11.4. The third kappa shape index (κ3) is 4.53. The average Bonchev–Trinajstić information content (AvgIpc) is 3.42. The van der Waals surface area contributed by atoms with Crippen molar-refractivity contribution in [2.24, 2.45) is 5.92 Å². The monoisotopic (exact) mass is 489 g/mol. The van der Waals surface area contributed by atoms with Crippen LogP contribution in [0, 0.1) is 5.92 Å². The van der Waals surface area contributed by atoms with Crippen LogP contribution in [0.2, 0.25) is 0 Å². The molecule has 9 nitrogen and oxygen atoms in total. The molecule has 34 heavy (non-hydrogen) atoms. The van der Waals surface area contributed by atoms with Crippen LogP contribution < -0.4 is 0 Å². The van der Waals surface area contributed by atoms with Crippen molar-refractivity contribution in [1.82, 2.24) is 14.7 Å². The summed E-state index contributed by atoms with van der Waals surface area (Å²) in [5, 5.41) is 10.2. The van der Waals surface area contributed by atoms with Gasteiger partial charge in [0.05, 0.1) is 11.9 Å². The van der Waals surface area contributed by atoms with Gasteiger partial charge in [0, 0.05) is 24.9 Å². The van der Waals surface area contributed by atoms with Crippen LogP contribution in [0.1, 0.15) is 32.3 Å². The maximum absolute atomic E-state index is 13.0. The van der Waals surface area contributed by atoms with Crippen LogP contribution >= 0.6 is 11.8 Å². The molecule has 3 saturated heterocycles. The number of likely N-dealkylation sites (tertiary alicyclic amines) is 1. The number of benzene rings is 1. The van der Waals surface area contributed by atoms with Gasteiger partial charge in [0.25, 0.3) is 5.91 Å². The molecule has 10 heteroatoms. The molecule has 1 N–H and O–H groups in total. The Labute approximate surface area is 203 Å². The first kappa shape index (κ1) is 24.5. The van der Waals surface area contributed by atoms with Gasteiger partial charge >= 0.3 is 5.97 Å². The van der Waals surface area contributed by atoms with Gasteiger partial charge in [-0.2, -0.15) is 0 Å². The lowest BCUT2D eigenvalue weighted by Crippen LogP contribution is -2.67. The smallest absolute Gasteiger partial charge is 0.330 e. The molecular formula is C24H31N3O6S. The molecule has 1 aromatic rings. The number of ether oxygens (including phenoxy) is 1. The van der Waals surface area contributed by atoms with Crippen LogP contribution in [0.4, 0.5) is 0 Å². The van der Waals surface area contributed by atoms with Crippen LogP contribution in [-0.4, -0.2) is 92.4 Å². The molecule has 0 spiro atoms. The number of β-lactam (4-membered cyclic amide) rings is 1. The zero-order valence-electron chi connectivity index (χ0n) is 19.7. The molecule has 3 fully saturated rings. The first-order valence-corrected chi connectivity index (χ1v) is 12.4. The van der Waals surface area contributed by atoms with Gasteiger partial charge in [-0.3, -0.25) is 14.4 Å². The van der Waals surface area contributed by atoms with Crippen molar-refractivity contribution >= 4 is 35.5 Å². The summed E-state index contributed by atoms with van der Waals surface area (Å²) >= 11 is 1.38. The van der Waals surface area contributed by atoms with Gasteiger partial charge in [-0.15, -0.1) is 11.8 Å². The highest BCUT2D eigenvalue weighted by atomic mass is 32.2. The van der Waals surface area contributed by atoms with Gasteiger partial charge in [0.15, 0.2) is 0 Å². The second kappa shape index (κ2) is 9.58. The molecule has 0 aliphatic carbocycles. The Morgan fingerprint density at radius 2 is 1.85 bits per heavy atom. The minimum atomic E-state index is -1.58. The number of hydrogen-bond donors (Lipinski definition) is 1. The molecule has 0 saturated carbocycles. The van der Waals surface area contributed by atoms with E-state index in [2.05, 4.69) is 0 Å². The molecule has 1 aromatic carbocycles. The summed E-state index contributed by atoms with van der Waals surface area (Å²) in [5.41, 5.74) is 0.844. The lowest BCUT2D eigenvalue weighted by atomic mass is 9.87. The van der Waals surface area contributed by atoms with E-state index < -0.39 is 46.0 Å². The largest absolute Gasteiger partial charge is 0.459 e. The van der Waals surface area contributed by atoms with E-state index in [4.69, 9.17) is 4.74 Å². The summed E-state index contributed by atoms with van der Waals surface area (Å²) in [7, 11) is 1.45. The van der Waals surface area contributed by atoms with Crippen molar-refractivity contribution in [2.75, 3.05) is 26.7 Å². The van der Waals surface area contributed by atoms with E-state index in [9.17, 15) is 24.3 Å². The Hall–Kier alpha value is -2.59. The summed E-state index contributed by atoms with van der Waals surface area (Å²) in [6.45, 7) is 5.01. The lowest BCUT2D eigenvalue weighted by molar-refractivity contribution is -0.175. The number of aliphatic hydroxyl groups excluding tert-OH is 1. The minimum absolute atomic E-state index is 0.101. The number of carbonyl (C=O) groups is 4. The highest BCUT2D eigenvalue weighted by Crippen LogP contribution is 2.54. The third-order valence-corrected chi connectivity index (χ3v) is 8.32. The summed E-state index contributed by atoms with van der Waals surface area (Å²) in [5.74, 6) is -2.76. The van der Waals surface area contributed by atoms with Crippen molar-refractivity contribution in [3.8, 4) is 0 Å². The first-order valence-electron chi connectivity index (χ1n) is 11.5. The number of carbonyl (C=O) groups excluding carboxylic acids is 4. The van der Waals surface area contributed by atoms with E-state index in [1.165, 1.54) is 28.6 Å². The van der Waals surface area contributed by atoms with Crippen molar-refractivity contribution in [3.63, 3.8) is 0 Å². The predicted octanol–water partition coefficient (Wildman–Crippen LogP) is 0.850. The van der Waals surface area contributed by atoms with Gasteiger partial charge in [0.1, 0.15) is 24.7 Å². The van der Waals surface area contributed by atoms with Crippen LogP contribution in [0.3, 0.4) is 0 Å². The van der Waals surface area contributed by atoms with Gasteiger partial charge < -0.3 is 24.5 Å². The van der Waals surface area contributed by atoms with E-state index in [-0.39, 0.29) is 19.1 Å². The Balaban J connectivity index is 1.38. The van der Waals surface area contributed by atoms with E-state index in [0.29, 0.717) is 13.1 Å². The molecule has 3 amide bonds. The second-order valence-electron chi connectivity index (χ2n) is 9.61. The summed E-state index contributed by atoms with van der Waals surface area (Å²) < 4.78 is 4.85. The average molecular weight is 490 g/mol. The van der Waals surface area contributed by atoms with Crippen LogP contribution in [-0.2, 0) is 30.5 Å². The molecule has 0 aromatic heterocycles. The molecule has 184 valence electrons. The summed E-state index contributed by atoms with van der Waals surface area (Å²) in [4.78, 5) is 55.5. The molecule has 3 heterocycles. The standard InChI is InChI=1S/C24H31N3O6S/c1-24(2)19(23(32)33-14-15-9-5-4-6-10-15)27-20(30)17(22(27)34-24)18(29)21(31)25(3)13-16(28)26-11-7-8-12-26/h4-6,9-10,17-19,22,29H,7-8,11-14H2,1-3H3/t17-,18+,19+,22-/m1/s1. The Kier molecular flexibility index (Phi) is 6.91. The SMILES string of the molecule is CN(CC(=O)N1CCCC1)C(=O)[C@@H](O)[C@@H]1C(=O)N2[C@@H]1SC(C)(C)[C@@H]2C(=O)OCc1ccccc1. The molecule has 0 radical (unpaired) electrons. The topological polar surface area (TPSA) is 107 Å². The number of rotatable bonds is 7. The normalized spacial score (nSPS) is 26.0. The fraction of sp³-hybridized carbons (Fsp3) is 0.583. The van der Waals surface area contributed by atoms with Crippen molar-refractivity contribution in [1.29, 1.82) is 0 Å². The number of aliphatic hydroxyl groups is 1. The zero-order chi connectivity index (χ0) is 24.6. The maximum atomic E-state index is 13.0. The number of hydrogen-bond acceptors (Lipinski definition) is 7. The Morgan fingerprint density at radius 3 is 2.50 bits per heavy atom. The van der Waals surface area contributed by atoms with E-state index in [1.54, 1.807) is 4.90 Å². The molecular weight excluding hydrogens is 458 g/mol. The quantitative estimate of drug-likeness (QED) is 0.447. The Morgan fingerprint density at radius 1 is 1.21 bits per heavy atom. The molecule has 4 atom stereocenters. The highest BCUT2D eigenvalue weighted by Gasteiger charge is 2.66. The maximum Gasteiger partial charge on any atom is 0.330 e. The van der Waals surface area contributed by atoms with Crippen molar-refractivity contribution < 1.29 is 29.0 Å². The predicted molar refractivity (Wildman–Crippen MR) is 125 cm³/mol. The fourth-order valence-corrected chi connectivity index (χ4v) is 6.56. The lowest BCUT2D eigenvalue weighted by Gasteiger charge is -2.45. The number of thioether (sulfide) groups is 1. The number of likely N-dealkylation sites (N-methyl/N-ethyl adjacent to an activating group) is 1. The summed E-state index contributed by atoms with van der Waals surface area (Å²) in [6.07, 6.45) is 0.317. The van der Waals surface area contributed by atoms with E-state index >= 15 is 0 Å². The molecule has 3 aliphatic rings. The van der Waals surface area contributed by atoms with Crippen LogP contribution in [0.5, 0.6) is 0 Å². The molecule has 4 rings (SSSR count). The zero-order valence-corrected chi connectivity index (χ0v) is 20.5. The fourth-order valence-electron chi connectivity index (χ4n) is 4.85.